The molecule has 1 unspecified atom stereocenters. The Morgan fingerprint density at radius 2 is 2.10 bits per heavy atom. The predicted octanol–water partition coefficient (Wildman–Crippen LogP) is 3.83. The summed E-state index contributed by atoms with van der Waals surface area (Å²) >= 11 is 0. The first-order chi connectivity index (χ1) is 15.1. The molecule has 1 fully saturated rings. The summed E-state index contributed by atoms with van der Waals surface area (Å²) in [5, 5.41) is 3.73. The van der Waals surface area contributed by atoms with Crippen molar-refractivity contribution in [2.45, 2.75) is 38.8 Å². The lowest BCUT2D eigenvalue weighted by Crippen LogP contribution is -2.55. The largest absolute Gasteiger partial charge is 0.486 e. The van der Waals surface area contributed by atoms with Gasteiger partial charge in [0.2, 0.25) is 5.89 Å². The quantitative estimate of drug-likeness (QED) is 0.506. The van der Waals surface area contributed by atoms with E-state index < -0.39 is 0 Å². The van der Waals surface area contributed by atoms with Crippen molar-refractivity contribution < 1.29 is 18.8 Å². The normalized spacial score (nSPS) is 15.3. The van der Waals surface area contributed by atoms with Gasteiger partial charge in [-0.05, 0) is 43.2 Å². The van der Waals surface area contributed by atoms with Gasteiger partial charge in [-0.25, -0.2) is 4.79 Å². The predicted molar refractivity (Wildman–Crippen MR) is 114 cm³/mol. The van der Waals surface area contributed by atoms with Crippen LogP contribution in [-0.4, -0.2) is 52.3 Å². The molecule has 1 aromatic carbocycles. The summed E-state index contributed by atoms with van der Waals surface area (Å²) < 4.78 is 16.1. The van der Waals surface area contributed by atoms with E-state index in [1.54, 1.807) is 12.3 Å². The molecule has 0 spiro atoms. The smallest absolute Gasteiger partial charge is 0.338 e. The molecule has 8 heteroatoms. The van der Waals surface area contributed by atoms with Gasteiger partial charge in [-0.1, -0.05) is 24.6 Å². The van der Waals surface area contributed by atoms with Gasteiger partial charge in [0.25, 0.3) is 0 Å². The Morgan fingerprint density at radius 1 is 1.26 bits per heavy atom. The van der Waals surface area contributed by atoms with Crippen LogP contribution in [0.1, 0.15) is 47.6 Å². The lowest BCUT2D eigenvalue weighted by molar-refractivity contribution is -0.0211. The van der Waals surface area contributed by atoms with Gasteiger partial charge in [0, 0.05) is 18.7 Å². The van der Waals surface area contributed by atoms with Crippen LogP contribution in [0.5, 0.6) is 5.75 Å². The number of ether oxygens (including phenoxy) is 2. The number of likely N-dealkylation sites (tertiary alicyclic amines) is 1. The van der Waals surface area contributed by atoms with E-state index in [9.17, 15) is 4.79 Å². The first kappa shape index (κ1) is 21.0. The summed E-state index contributed by atoms with van der Waals surface area (Å²) in [5.41, 5.74) is 3.17. The minimum absolute atomic E-state index is 0.108. The van der Waals surface area contributed by atoms with E-state index in [1.807, 2.05) is 31.2 Å². The minimum atomic E-state index is -0.337. The van der Waals surface area contributed by atoms with Crippen LogP contribution in [0.2, 0.25) is 0 Å². The number of pyridine rings is 1. The lowest BCUT2D eigenvalue weighted by Gasteiger charge is -2.42. The maximum atomic E-state index is 11.8. The number of rotatable bonds is 8. The molecule has 31 heavy (non-hydrogen) atoms. The molecule has 2 aromatic heterocycles. The SMILES string of the molecule is CCCC(c1ncno1)N1CC(Oc2ccc(-c3ccc(C(=O)OC)c(C)c3)nc2)C1. The van der Waals surface area contributed by atoms with Gasteiger partial charge < -0.3 is 14.0 Å². The molecular formula is C23H26N4O4. The first-order valence-electron chi connectivity index (χ1n) is 10.4. The molecule has 0 bridgehead atoms. The third kappa shape index (κ3) is 4.59. The summed E-state index contributed by atoms with van der Waals surface area (Å²) in [7, 11) is 1.38. The van der Waals surface area contributed by atoms with Gasteiger partial charge in [-0.15, -0.1) is 0 Å². The number of carbonyl (C=O) groups is 1. The van der Waals surface area contributed by atoms with Crippen molar-refractivity contribution in [1.82, 2.24) is 20.0 Å². The van der Waals surface area contributed by atoms with Crippen molar-refractivity contribution in [3.8, 4) is 17.0 Å². The average Bonchev–Trinajstić information content (AvgIpc) is 3.29. The molecule has 0 aliphatic carbocycles. The molecule has 0 saturated carbocycles. The molecule has 1 aliphatic heterocycles. The molecule has 4 rings (SSSR count). The van der Waals surface area contributed by atoms with Crippen molar-refractivity contribution >= 4 is 5.97 Å². The molecule has 1 atom stereocenters. The minimum Gasteiger partial charge on any atom is -0.486 e. The number of nitrogens with zero attached hydrogens (tertiary/aromatic N) is 4. The molecule has 0 amide bonds. The summed E-state index contributed by atoms with van der Waals surface area (Å²) in [6.07, 6.45) is 5.31. The van der Waals surface area contributed by atoms with Crippen LogP contribution in [0.25, 0.3) is 11.3 Å². The van der Waals surface area contributed by atoms with Gasteiger partial charge in [-0.2, -0.15) is 4.98 Å². The van der Waals surface area contributed by atoms with Gasteiger partial charge in [0.15, 0.2) is 6.33 Å². The summed E-state index contributed by atoms with van der Waals surface area (Å²) in [6, 6.07) is 9.57. The van der Waals surface area contributed by atoms with E-state index in [1.165, 1.54) is 13.4 Å². The fourth-order valence-corrected chi connectivity index (χ4v) is 3.84. The van der Waals surface area contributed by atoms with E-state index in [0.29, 0.717) is 11.5 Å². The molecule has 3 aromatic rings. The Labute approximate surface area is 181 Å². The second kappa shape index (κ2) is 9.26. The van der Waals surface area contributed by atoms with Crippen LogP contribution in [0.3, 0.4) is 0 Å². The second-order valence-electron chi connectivity index (χ2n) is 7.68. The summed E-state index contributed by atoms with van der Waals surface area (Å²) in [4.78, 5) is 22.8. The highest BCUT2D eigenvalue weighted by molar-refractivity contribution is 5.91. The van der Waals surface area contributed by atoms with Crippen molar-refractivity contribution in [2.24, 2.45) is 0 Å². The van der Waals surface area contributed by atoms with Gasteiger partial charge in [-0.3, -0.25) is 9.88 Å². The zero-order chi connectivity index (χ0) is 21.8. The van der Waals surface area contributed by atoms with Crippen molar-refractivity contribution in [1.29, 1.82) is 0 Å². The van der Waals surface area contributed by atoms with E-state index in [0.717, 1.165) is 48.5 Å². The number of hydrogen-bond acceptors (Lipinski definition) is 8. The number of aromatic nitrogens is 3. The van der Waals surface area contributed by atoms with Crippen molar-refractivity contribution in [3.05, 3.63) is 59.9 Å². The van der Waals surface area contributed by atoms with Gasteiger partial charge in [0.1, 0.15) is 11.9 Å². The average molecular weight is 422 g/mol. The second-order valence-corrected chi connectivity index (χ2v) is 7.68. The number of methoxy groups -OCH3 is 1. The molecule has 0 radical (unpaired) electrons. The van der Waals surface area contributed by atoms with Crippen LogP contribution in [0.15, 0.2) is 47.4 Å². The highest BCUT2D eigenvalue weighted by Crippen LogP contribution is 2.30. The summed E-state index contributed by atoms with van der Waals surface area (Å²) in [5.74, 6) is 1.07. The topological polar surface area (TPSA) is 90.6 Å². The highest BCUT2D eigenvalue weighted by atomic mass is 16.5. The molecule has 3 heterocycles. The Hall–Kier alpha value is -3.26. The van der Waals surface area contributed by atoms with Crippen LogP contribution >= 0.6 is 0 Å². The highest BCUT2D eigenvalue weighted by Gasteiger charge is 2.36. The Balaban J connectivity index is 1.36. The maximum Gasteiger partial charge on any atom is 0.338 e. The fraction of sp³-hybridized carbons (Fsp3) is 0.391. The van der Waals surface area contributed by atoms with Gasteiger partial charge in [0.05, 0.1) is 30.6 Å². The molecule has 1 aliphatic rings. The molecule has 162 valence electrons. The number of hydrogen-bond donors (Lipinski definition) is 0. The number of carbonyl (C=O) groups excluding carboxylic acids is 1. The van der Waals surface area contributed by atoms with E-state index in [-0.39, 0.29) is 18.1 Å². The standard InChI is InChI=1S/C23H26N4O4/c1-4-5-21(22-25-14-26-31-22)27-12-18(13-27)30-17-7-9-20(24-11-17)16-6-8-19(15(2)10-16)23(28)29-3/h6-11,14,18,21H,4-5,12-13H2,1-3H3. The van der Waals surface area contributed by atoms with Gasteiger partial charge >= 0.3 is 5.97 Å². The number of esters is 1. The Kier molecular flexibility index (Phi) is 6.27. The number of aryl methyl sites for hydroxylation is 1. The van der Waals surface area contributed by atoms with Crippen LogP contribution in [-0.2, 0) is 4.74 Å². The summed E-state index contributed by atoms with van der Waals surface area (Å²) in [6.45, 7) is 5.65. The van der Waals surface area contributed by atoms with Crippen LogP contribution < -0.4 is 4.74 Å². The van der Waals surface area contributed by atoms with Crippen molar-refractivity contribution in [3.63, 3.8) is 0 Å². The molecule has 1 saturated heterocycles. The Morgan fingerprint density at radius 3 is 2.71 bits per heavy atom. The third-order valence-corrected chi connectivity index (χ3v) is 5.51. The van der Waals surface area contributed by atoms with Crippen molar-refractivity contribution in [2.75, 3.05) is 20.2 Å². The fourth-order valence-electron chi connectivity index (χ4n) is 3.84. The van der Waals surface area contributed by atoms with E-state index in [4.69, 9.17) is 14.0 Å². The maximum absolute atomic E-state index is 11.8. The van der Waals surface area contributed by atoms with Crippen LogP contribution in [0, 0.1) is 6.92 Å². The number of benzene rings is 1. The van der Waals surface area contributed by atoms with E-state index in [2.05, 4.69) is 26.9 Å². The van der Waals surface area contributed by atoms with Crippen LogP contribution in [0.4, 0.5) is 0 Å². The monoisotopic (exact) mass is 422 g/mol. The molecular weight excluding hydrogens is 396 g/mol. The van der Waals surface area contributed by atoms with E-state index >= 15 is 0 Å². The zero-order valence-electron chi connectivity index (χ0n) is 17.9. The Bertz CT molecular complexity index is 1010. The molecule has 0 N–H and O–H groups in total. The lowest BCUT2D eigenvalue weighted by atomic mass is 10.0. The molecule has 8 nitrogen and oxygen atoms in total. The zero-order valence-corrected chi connectivity index (χ0v) is 17.9. The first-order valence-corrected chi connectivity index (χ1v) is 10.4. The third-order valence-electron chi connectivity index (χ3n) is 5.51.